The van der Waals surface area contributed by atoms with E-state index in [0.29, 0.717) is 12.8 Å². The van der Waals surface area contributed by atoms with Gasteiger partial charge in [0.05, 0.1) is 13.2 Å². The smallest absolute Gasteiger partial charge is 0.462 e. The van der Waals surface area contributed by atoms with Gasteiger partial charge in [-0.3, -0.25) is 18.6 Å². The monoisotopic (exact) mass is 769 g/mol. The van der Waals surface area contributed by atoms with E-state index in [1.807, 2.05) is 0 Å². The second kappa shape index (κ2) is 39.9. The summed E-state index contributed by atoms with van der Waals surface area (Å²) in [6, 6.07) is 0. The highest BCUT2D eigenvalue weighted by Gasteiger charge is 2.25. The number of carbonyl (C=O) groups excluding carboxylic acids is 2. The molecule has 0 spiro atoms. The van der Waals surface area contributed by atoms with Gasteiger partial charge in [0.25, 0.3) is 0 Å². The van der Waals surface area contributed by atoms with Crippen molar-refractivity contribution in [3.63, 3.8) is 0 Å². The van der Waals surface area contributed by atoms with Crippen molar-refractivity contribution in [2.75, 3.05) is 19.8 Å². The Morgan fingerprint density at radius 2 is 0.962 bits per heavy atom. The third-order valence-corrected chi connectivity index (χ3v) is 10.3. The molecule has 9 heteroatoms. The van der Waals surface area contributed by atoms with Crippen LogP contribution in [0.3, 0.4) is 0 Å². The highest BCUT2D eigenvalue weighted by Crippen LogP contribution is 2.43. The van der Waals surface area contributed by atoms with Crippen LogP contribution in [-0.2, 0) is 32.7 Å². The lowest BCUT2D eigenvalue weighted by atomic mass is 10.0. The van der Waals surface area contributed by atoms with Gasteiger partial charge in [0.2, 0.25) is 0 Å². The minimum absolute atomic E-state index is 0.000974. The lowest BCUT2D eigenvalue weighted by Gasteiger charge is -2.19. The maximum atomic E-state index is 12.6. The number of unbranched alkanes of at least 4 members (excludes halogenated alkanes) is 22. The summed E-state index contributed by atoms with van der Waals surface area (Å²) >= 11 is 0. The zero-order valence-electron chi connectivity index (χ0n) is 34.4. The van der Waals surface area contributed by atoms with E-state index in [1.165, 1.54) is 103 Å². The molecule has 310 valence electrons. The number of phosphoric acid groups is 1. The summed E-state index contributed by atoms with van der Waals surface area (Å²) in [7, 11) is -4.28. The van der Waals surface area contributed by atoms with Crippen molar-refractivity contribution in [1.29, 1.82) is 0 Å². The van der Waals surface area contributed by atoms with E-state index in [9.17, 15) is 19.0 Å². The van der Waals surface area contributed by atoms with Crippen molar-refractivity contribution >= 4 is 19.8 Å². The molecule has 0 fully saturated rings. The summed E-state index contributed by atoms with van der Waals surface area (Å²) in [6.45, 7) is 5.37. The molecule has 0 amide bonds. The first-order chi connectivity index (χ1) is 25.8. The lowest BCUT2D eigenvalue weighted by molar-refractivity contribution is -0.161. The van der Waals surface area contributed by atoms with E-state index in [1.54, 1.807) is 6.92 Å². The molecular formula is C44H81O8P. The van der Waals surface area contributed by atoms with Crippen LogP contribution in [0.25, 0.3) is 0 Å². The molecule has 0 saturated heterocycles. The number of ether oxygens (including phenoxy) is 2. The fourth-order valence-corrected chi connectivity index (χ4v) is 6.81. The molecule has 0 aromatic rings. The zero-order chi connectivity index (χ0) is 38.9. The molecule has 0 rings (SSSR count). The molecule has 0 aromatic carbocycles. The first-order valence-corrected chi connectivity index (χ1v) is 23.3. The SMILES string of the molecule is CC/C=C\C/C=C\C/C=C\CCCCCCCCCC(=O)OC(COC(=O)CCCCCCCCCCCCCCCCCC)COP(=O)(O)OCC. The number of phosphoric ester groups is 1. The fraction of sp³-hybridized carbons (Fsp3) is 0.818. The van der Waals surface area contributed by atoms with Crippen molar-refractivity contribution in [1.82, 2.24) is 0 Å². The summed E-state index contributed by atoms with van der Waals surface area (Å²) in [5, 5.41) is 0. The molecule has 0 heterocycles. The lowest BCUT2D eigenvalue weighted by Crippen LogP contribution is -2.29. The van der Waals surface area contributed by atoms with Gasteiger partial charge in [0.1, 0.15) is 6.61 Å². The Kier molecular flexibility index (Phi) is 38.6. The van der Waals surface area contributed by atoms with Crippen LogP contribution in [0.15, 0.2) is 36.5 Å². The van der Waals surface area contributed by atoms with E-state index in [4.69, 9.17) is 18.5 Å². The van der Waals surface area contributed by atoms with Crippen LogP contribution in [0.4, 0.5) is 0 Å². The zero-order valence-corrected chi connectivity index (χ0v) is 35.3. The van der Waals surface area contributed by atoms with Crippen LogP contribution in [0.1, 0.15) is 207 Å². The highest BCUT2D eigenvalue weighted by atomic mass is 31.2. The Bertz CT molecular complexity index is 963. The molecule has 53 heavy (non-hydrogen) atoms. The van der Waals surface area contributed by atoms with Gasteiger partial charge in [-0.25, -0.2) is 4.57 Å². The molecule has 2 atom stereocenters. The van der Waals surface area contributed by atoms with Crippen molar-refractivity contribution < 1.29 is 37.6 Å². The standard InChI is InChI=1S/C44H81O8P/c1-4-7-9-11-13-15-17-19-21-23-25-27-29-31-33-35-37-39-44(46)52-42(41-51-53(47,48)50-6-3)40-49-43(45)38-36-34-32-30-28-26-24-22-20-18-16-14-12-10-8-5-2/h7,9,13,15,19,21,42H,4-6,8,10-12,14,16-18,20,22-41H2,1-3H3,(H,47,48)/b9-7-,15-13-,21-19-. The van der Waals surface area contributed by atoms with Crippen LogP contribution in [-0.4, -0.2) is 42.8 Å². The summed E-state index contributed by atoms with van der Waals surface area (Å²) in [5.74, 6) is -0.803. The van der Waals surface area contributed by atoms with Gasteiger partial charge in [-0.05, 0) is 51.9 Å². The van der Waals surface area contributed by atoms with E-state index in [-0.39, 0.29) is 25.6 Å². The van der Waals surface area contributed by atoms with Crippen LogP contribution >= 0.6 is 7.82 Å². The normalized spacial score (nSPS) is 13.7. The summed E-state index contributed by atoms with van der Waals surface area (Å²) < 4.78 is 32.7. The Labute approximate surface area is 325 Å². The maximum Gasteiger partial charge on any atom is 0.472 e. The first-order valence-electron chi connectivity index (χ1n) is 21.8. The van der Waals surface area contributed by atoms with Crippen LogP contribution < -0.4 is 0 Å². The Balaban J connectivity index is 4.07. The maximum absolute atomic E-state index is 12.6. The molecule has 0 aromatic heterocycles. The van der Waals surface area contributed by atoms with Gasteiger partial charge in [-0.2, -0.15) is 0 Å². The molecule has 0 aliphatic rings. The van der Waals surface area contributed by atoms with E-state index in [2.05, 4.69) is 50.3 Å². The quantitative estimate of drug-likeness (QED) is 0.0284. The predicted molar refractivity (Wildman–Crippen MR) is 221 cm³/mol. The van der Waals surface area contributed by atoms with Crippen molar-refractivity contribution in [2.24, 2.45) is 0 Å². The minimum atomic E-state index is -4.28. The van der Waals surface area contributed by atoms with Gasteiger partial charge >= 0.3 is 19.8 Å². The molecule has 2 unspecified atom stereocenters. The van der Waals surface area contributed by atoms with Crippen molar-refractivity contribution in [3.05, 3.63) is 36.5 Å². The van der Waals surface area contributed by atoms with E-state index in [0.717, 1.165) is 64.2 Å². The number of esters is 2. The molecule has 0 radical (unpaired) electrons. The van der Waals surface area contributed by atoms with Gasteiger partial charge in [0, 0.05) is 12.8 Å². The molecule has 0 aliphatic carbocycles. The van der Waals surface area contributed by atoms with Gasteiger partial charge in [-0.1, -0.05) is 179 Å². The third-order valence-electron chi connectivity index (χ3n) is 9.21. The van der Waals surface area contributed by atoms with Gasteiger partial charge in [-0.15, -0.1) is 0 Å². The summed E-state index contributed by atoms with van der Waals surface area (Å²) in [6.07, 6.45) is 44.8. The van der Waals surface area contributed by atoms with Crippen LogP contribution in [0.5, 0.6) is 0 Å². The fourth-order valence-electron chi connectivity index (χ4n) is 6.06. The second-order valence-corrected chi connectivity index (χ2v) is 15.8. The molecule has 0 bridgehead atoms. The van der Waals surface area contributed by atoms with Crippen LogP contribution in [0, 0.1) is 0 Å². The Hall–Kier alpha value is -1.73. The van der Waals surface area contributed by atoms with Crippen molar-refractivity contribution in [3.8, 4) is 0 Å². The van der Waals surface area contributed by atoms with Gasteiger partial charge < -0.3 is 14.4 Å². The average molecular weight is 769 g/mol. The Morgan fingerprint density at radius 1 is 0.528 bits per heavy atom. The number of hydrogen-bond acceptors (Lipinski definition) is 7. The number of allylic oxidation sites excluding steroid dienone is 6. The predicted octanol–water partition coefficient (Wildman–Crippen LogP) is 13.6. The average Bonchev–Trinajstić information content (AvgIpc) is 3.13. The number of carbonyl (C=O) groups is 2. The second-order valence-electron chi connectivity index (χ2n) is 14.3. The molecule has 0 saturated carbocycles. The van der Waals surface area contributed by atoms with Crippen molar-refractivity contribution in [2.45, 2.75) is 213 Å². The molecular weight excluding hydrogens is 687 g/mol. The molecule has 0 aliphatic heterocycles. The molecule has 1 N–H and O–H groups in total. The first kappa shape index (κ1) is 51.3. The number of hydrogen-bond donors (Lipinski definition) is 1. The summed E-state index contributed by atoms with van der Waals surface area (Å²) in [4.78, 5) is 34.7. The Morgan fingerprint density at radius 3 is 1.45 bits per heavy atom. The minimum Gasteiger partial charge on any atom is -0.462 e. The van der Waals surface area contributed by atoms with E-state index >= 15 is 0 Å². The van der Waals surface area contributed by atoms with Gasteiger partial charge in [0.15, 0.2) is 6.10 Å². The largest absolute Gasteiger partial charge is 0.472 e. The third kappa shape index (κ3) is 39.8. The topological polar surface area (TPSA) is 108 Å². The number of rotatable bonds is 40. The summed E-state index contributed by atoms with van der Waals surface area (Å²) in [5.41, 5.74) is 0. The van der Waals surface area contributed by atoms with Crippen LogP contribution in [0.2, 0.25) is 0 Å². The van der Waals surface area contributed by atoms with E-state index < -0.39 is 26.5 Å². The highest BCUT2D eigenvalue weighted by molar-refractivity contribution is 7.47. The molecule has 8 nitrogen and oxygen atoms in total.